The average molecular weight is 263 g/mol. The molecule has 1 aromatic heterocycles. The molecule has 2 aromatic rings. The molecule has 5 heteroatoms. The van der Waals surface area contributed by atoms with Gasteiger partial charge in [-0.3, -0.25) is 4.68 Å². The topological polar surface area (TPSA) is 50.1 Å². The van der Waals surface area contributed by atoms with Crippen molar-refractivity contribution >= 4 is 0 Å². The molecule has 0 aliphatic rings. The van der Waals surface area contributed by atoms with Gasteiger partial charge in [0.2, 0.25) is 0 Å². The fourth-order valence-corrected chi connectivity index (χ4v) is 1.87. The number of halogens is 1. The van der Waals surface area contributed by atoms with Gasteiger partial charge in [0.25, 0.3) is 0 Å². The van der Waals surface area contributed by atoms with Crippen molar-refractivity contribution in [2.75, 3.05) is 6.54 Å². The van der Waals surface area contributed by atoms with Gasteiger partial charge in [0.1, 0.15) is 5.82 Å². The fraction of sp³-hybridized carbons (Fsp3) is 0.357. The number of nitrogens with one attached hydrogen (secondary N) is 1. The molecule has 0 aliphatic heterocycles. The highest BCUT2D eigenvalue weighted by Gasteiger charge is 2.09. The van der Waals surface area contributed by atoms with Crippen LogP contribution < -0.4 is 5.32 Å². The van der Waals surface area contributed by atoms with Crippen molar-refractivity contribution in [2.24, 2.45) is 0 Å². The van der Waals surface area contributed by atoms with E-state index in [0.717, 1.165) is 5.56 Å². The van der Waals surface area contributed by atoms with E-state index in [-0.39, 0.29) is 11.9 Å². The van der Waals surface area contributed by atoms with Crippen LogP contribution in [0, 0.1) is 5.82 Å². The Balaban J connectivity index is 1.79. The van der Waals surface area contributed by atoms with Gasteiger partial charge in [-0.2, -0.15) is 5.10 Å². The monoisotopic (exact) mass is 263 g/mol. The van der Waals surface area contributed by atoms with Crippen LogP contribution in [0.5, 0.6) is 0 Å². The lowest BCUT2D eigenvalue weighted by molar-refractivity contribution is 0.143. The van der Waals surface area contributed by atoms with Gasteiger partial charge in [-0.25, -0.2) is 4.39 Å². The number of hydrogen-bond acceptors (Lipinski definition) is 3. The minimum atomic E-state index is -0.511. The molecule has 0 fully saturated rings. The zero-order chi connectivity index (χ0) is 13.7. The molecule has 2 atom stereocenters. The molecule has 0 saturated heterocycles. The molecule has 0 spiro atoms. The third-order valence-corrected chi connectivity index (χ3v) is 2.99. The van der Waals surface area contributed by atoms with E-state index in [2.05, 4.69) is 10.4 Å². The Morgan fingerprint density at radius 3 is 2.74 bits per heavy atom. The Morgan fingerprint density at radius 2 is 2.11 bits per heavy atom. The number of benzene rings is 1. The molecule has 0 radical (unpaired) electrons. The highest BCUT2D eigenvalue weighted by atomic mass is 19.1. The molecule has 0 amide bonds. The fourth-order valence-electron chi connectivity index (χ4n) is 1.87. The first-order valence-corrected chi connectivity index (χ1v) is 6.29. The molecule has 102 valence electrons. The van der Waals surface area contributed by atoms with E-state index >= 15 is 0 Å². The zero-order valence-electron chi connectivity index (χ0n) is 10.8. The second-order valence-electron chi connectivity index (χ2n) is 4.56. The van der Waals surface area contributed by atoms with Crippen LogP contribution in [0.25, 0.3) is 0 Å². The third-order valence-electron chi connectivity index (χ3n) is 2.99. The lowest BCUT2D eigenvalue weighted by atomic mass is 10.1. The summed E-state index contributed by atoms with van der Waals surface area (Å²) >= 11 is 0. The highest BCUT2D eigenvalue weighted by molar-refractivity contribution is 5.19. The molecule has 19 heavy (non-hydrogen) atoms. The van der Waals surface area contributed by atoms with Crippen LogP contribution in [0.15, 0.2) is 42.7 Å². The molecular formula is C14H18FN3O. The number of aromatic nitrogens is 2. The second kappa shape index (κ2) is 6.45. The first-order valence-electron chi connectivity index (χ1n) is 6.29. The Morgan fingerprint density at radius 1 is 1.37 bits per heavy atom. The van der Waals surface area contributed by atoms with Crippen LogP contribution in [-0.4, -0.2) is 27.5 Å². The van der Waals surface area contributed by atoms with Gasteiger partial charge >= 0.3 is 0 Å². The first-order chi connectivity index (χ1) is 9.15. The summed E-state index contributed by atoms with van der Waals surface area (Å²) in [5, 5.41) is 17.1. The van der Waals surface area contributed by atoms with Crippen molar-refractivity contribution < 1.29 is 9.50 Å². The van der Waals surface area contributed by atoms with E-state index in [1.54, 1.807) is 23.0 Å². The largest absolute Gasteiger partial charge is 0.390 e. The number of aliphatic hydroxyl groups is 1. The van der Waals surface area contributed by atoms with E-state index in [1.165, 1.54) is 12.1 Å². The summed E-state index contributed by atoms with van der Waals surface area (Å²) in [6.45, 7) is 2.89. The summed E-state index contributed by atoms with van der Waals surface area (Å²) in [7, 11) is 0. The maximum Gasteiger partial charge on any atom is 0.123 e. The number of hydrogen-bond donors (Lipinski definition) is 2. The Kier molecular flexibility index (Phi) is 4.65. The van der Waals surface area contributed by atoms with Crippen molar-refractivity contribution in [1.29, 1.82) is 0 Å². The number of aliphatic hydroxyl groups excluding tert-OH is 1. The van der Waals surface area contributed by atoms with Gasteiger partial charge in [-0.05, 0) is 30.7 Å². The van der Waals surface area contributed by atoms with Crippen molar-refractivity contribution in [1.82, 2.24) is 15.1 Å². The summed E-state index contributed by atoms with van der Waals surface area (Å²) in [6.07, 6.45) is 2.98. The summed E-state index contributed by atoms with van der Waals surface area (Å²) in [5.74, 6) is -0.241. The SMILES string of the molecule is C[C@H](NCC(O)Cn1cccn1)c1ccc(F)cc1. The normalized spacial score (nSPS) is 14.3. The maximum atomic E-state index is 12.8. The smallest absolute Gasteiger partial charge is 0.123 e. The van der Waals surface area contributed by atoms with Gasteiger partial charge in [0.05, 0.1) is 12.6 Å². The Bertz CT molecular complexity index is 484. The van der Waals surface area contributed by atoms with Gasteiger partial charge in [-0.1, -0.05) is 12.1 Å². The van der Waals surface area contributed by atoms with Gasteiger partial charge in [0.15, 0.2) is 0 Å². The summed E-state index contributed by atoms with van der Waals surface area (Å²) in [5.41, 5.74) is 0.993. The highest BCUT2D eigenvalue weighted by Crippen LogP contribution is 2.12. The Hall–Kier alpha value is -1.72. The molecule has 4 nitrogen and oxygen atoms in total. The third kappa shape index (κ3) is 4.15. The van der Waals surface area contributed by atoms with Crippen LogP contribution in [0.2, 0.25) is 0 Å². The van der Waals surface area contributed by atoms with Crippen molar-refractivity contribution in [2.45, 2.75) is 25.6 Å². The summed E-state index contributed by atoms with van der Waals surface area (Å²) in [6, 6.07) is 8.25. The molecule has 1 aromatic carbocycles. The summed E-state index contributed by atoms with van der Waals surface area (Å²) in [4.78, 5) is 0. The van der Waals surface area contributed by atoms with Crippen LogP contribution in [0.3, 0.4) is 0 Å². The van der Waals surface area contributed by atoms with Gasteiger partial charge in [-0.15, -0.1) is 0 Å². The standard InChI is InChI=1S/C14H18FN3O/c1-11(12-3-5-13(15)6-4-12)16-9-14(19)10-18-8-2-7-17-18/h2-8,11,14,16,19H,9-10H2,1H3/t11-,14?/m0/s1. The molecule has 0 saturated carbocycles. The van der Waals surface area contributed by atoms with Crippen molar-refractivity contribution in [3.8, 4) is 0 Å². The molecule has 2 rings (SSSR count). The summed E-state index contributed by atoms with van der Waals surface area (Å²) < 4.78 is 14.5. The number of rotatable bonds is 6. The average Bonchev–Trinajstić information content (AvgIpc) is 2.89. The molecule has 1 heterocycles. The van der Waals surface area contributed by atoms with Crippen LogP contribution >= 0.6 is 0 Å². The molecule has 0 bridgehead atoms. The van der Waals surface area contributed by atoms with Crippen LogP contribution in [0.1, 0.15) is 18.5 Å². The van der Waals surface area contributed by atoms with Gasteiger partial charge in [0, 0.05) is 25.0 Å². The van der Waals surface area contributed by atoms with E-state index in [1.807, 2.05) is 19.2 Å². The van der Waals surface area contributed by atoms with E-state index < -0.39 is 6.10 Å². The molecular weight excluding hydrogens is 245 g/mol. The zero-order valence-corrected chi connectivity index (χ0v) is 10.8. The maximum absolute atomic E-state index is 12.8. The van der Waals surface area contributed by atoms with Crippen molar-refractivity contribution in [3.63, 3.8) is 0 Å². The lowest BCUT2D eigenvalue weighted by Crippen LogP contribution is -2.32. The second-order valence-corrected chi connectivity index (χ2v) is 4.56. The quantitative estimate of drug-likeness (QED) is 0.834. The predicted octanol–water partition coefficient (Wildman–Crippen LogP) is 1.73. The molecule has 1 unspecified atom stereocenters. The van der Waals surface area contributed by atoms with Crippen LogP contribution in [0.4, 0.5) is 4.39 Å². The van der Waals surface area contributed by atoms with Crippen LogP contribution in [-0.2, 0) is 6.54 Å². The molecule has 0 aliphatic carbocycles. The molecule has 2 N–H and O–H groups in total. The lowest BCUT2D eigenvalue weighted by Gasteiger charge is -2.17. The van der Waals surface area contributed by atoms with E-state index in [9.17, 15) is 9.50 Å². The number of nitrogens with zero attached hydrogens (tertiary/aromatic N) is 2. The van der Waals surface area contributed by atoms with Crippen molar-refractivity contribution in [3.05, 3.63) is 54.1 Å². The van der Waals surface area contributed by atoms with E-state index in [0.29, 0.717) is 13.1 Å². The Labute approximate surface area is 111 Å². The van der Waals surface area contributed by atoms with Gasteiger partial charge < -0.3 is 10.4 Å². The first kappa shape index (κ1) is 13.7. The predicted molar refractivity (Wildman–Crippen MR) is 71.1 cm³/mol. The minimum Gasteiger partial charge on any atom is -0.390 e. The van der Waals surface area contributed by atoms with E-state index in [4.69, 9.17) is 0 Å². The minimum absolute atomic E-state index is 0.0628.